The van der Waals surface area contributed by atoms with Crippen LogP contribution in [0.2, 0.25) is 0 Å². The van der Waals surface area contributed by atoms with Crippen LogP contribution in [0.5, 0.6) is 5.75 Å². The van der Waals surface area contributed by atoms with Crippen LogP contribution in [-0.2, 0) is 22.7 Å². The number of rotatable bonds is 5. The molecule has 22 heavy (non-hydrogen) atoms. The van der Waals surface area contributed by atoms with Gasteiger partial charge >= 0.3 is 5.97 Å². The molecule has 7 heteroatoms. The second-order valence-electron chi connectivity index (χ2n) is 5.33. The molecular weight excluding hydrogens is 290 g/mol. The Hall–Kier alpha value is -1.86. The zero-order valence-corrected chi connectivity index (χ0v) is 12.6. The summed E-state index contributed by atoms with van der Waals surface area (Å²) in [7, 11) is 0. The fourth-order valence-electron chi connectivity index (χ4n) is 2.63. The van der Waals surface area contributed by atoms with Crippen LogP contribution in [0.25, 0.3) is 0 Å². The van der Waals surface area contributed by atoms with E-state index in [0.717, 1.165) is 25.5 Å². The Labute approximate surface area is 128 Å². The summed E-state index contributed by atoms with van der Waals surface area (Å²) in [6.07, 6.45) is 1.59. The van der Waals surface area contributed by atoms with Crippen molar-refractivity contribution in [1.29, 1.82) is 0 Å². The Morgan fingerprint density at radius 1 is 1.55 bits per heavy atom. The van der Waals surface area contributed by atoms with Crippen LogP contribution in [-0.4, -0.2) is 40.8 Å². The first-order valence-electron chi connectivity index (χ1n) is 7.39. The smallest absolute Gasteiger partial charge is 0.310 e. The molecule has 1 aromatic heterocycles. The van der Waals surface area contributed by atoms with E-state index in [4.69, 9.17) is 14.3 Å². The SMILES string of the molecule is CCOC(=O)C1CCCN(Cc2oc(CO)cc(=O)c2O)C1. The molecule has 0 saturated carbocycles. The zero-order valence-electron chi connectivity index (χ0n) is 12.6. The molecular formula is C15H21NO6. The van der Waals surface area contributed by atoms with Gasteiger partial charge in [0.25, 0.3) is 0 Å². The number of hydrogen-bond acceptors (Lipinski definition) is 7. The number of aromatic hydroxyl groups is 1. The molecule has 1 saturated heterocycles. The van der Waals surface area contributed by atoms with Crippen molar-refractivity contribution in [2.45, 2.75) is 32.9 Å². The quantitative estimate of drug-likeness (QED) is 0.768. The molecule has 1 atom stereocenters. The van der Waals surface area contributed by atoms with Crippen molar-refractivity contribution in [3.63, 3.8) is 0 Å². The van der Waals surface area contributed by atoms with E-state index in [2.05, 4.69) is 0 Å². The second-order valence-corrected chi connectivity index (χ2v) is 5.33. The van der Waals surface area contributed by atoms with Crippen LogP contribution in [0.15, 0.2) is 15.3 Å². The van der Waals surface area contributed by atoms with Crippen molar-refractivity contribution in [3.05, 3.63) is 27.8 Å². The fraction of sp³-hybridized carbons (Fsp3) is 0.600. The fourth-order valence-corrected chi connectivity index (χ4v) is 2.63. The third kappa shape index (κ3) is 3.86. The van der Waals surface area contributed by atoms with E-state index in [1.54, 1.807) is 6.92 Å². The van der Waals surface area contributed by atoms with Crippen LogP contribution in [0.4, 0.5) is 0 Å². The number of esters is 1. The van der Waals surface area contributed by atoms with Gasteiger partial charge in [-0.05, 0) is 26.3 Å². The summed E-state index contributed by atoms with van der Waals surface area (Å²) in [6, 6.07) is 1.07. The normalized spacial score (nSPS) is 19.1. The molecule has 1 aromatic rings. The van der Waals surface area contributed by atoms with Crippen molar-refractivity contribution in [1.82, 2.24) is 4.90 Å². The number of aliphatic hydroxyl groups is 1. The van der Waals surface area contributed by atoms with Crippen molar-refractivity contribution in [2.24, 2.45) is 5.92 Å². The van der Waals surface area contributed by atoms with E-state index < -0.39 is 17.8 Å². The van der Waals surface area contributed by atoms with E-state index in [-0.39, 0.29) is 30.0 Å². The van der Waals surface area contributed by atoms with E-state index in [1.807, 2.05) is 4.90 Å². The van der Waals surface area contributed by atoms with Gasteiger partial charge in [-0.1, -0.05) is 0 Å². The molecule has 1 unspecified atom stereocenters. The predicted octanol–water partition coefficient (Wildman–Crippen LogP) is 0.613. The molecule has 1 aliphatic rings. The lowest BCUT2D eigenvalue weighted by molar-refractivity contribution is -0.150. The molecule has 0 amide bonds. The molecule has 2 rings (SSSR count). The van der Waals surface area contributed by atoms with Crippen molar-refractivity contribution in [3.8, 4) is 5.75 Å². The molecule has 7 nitrogen and oxygen atoms in total. The summed E-state index contributed by atoms with van der Waals surface area (Å²) in [5.41, 5.74) is -0.579. The Morgan fingerprint density at radius 3 is 3.00 bits per heavy atom. The highest BCUT2D eigenvalue weighted by Crippen LogP contribution is 2.22. The van der Waals surface area contributed by atoms with Gasteiger partial charge in [0, 0.05) is 12.6 Å². The first kappa shape index (κ1) is 16.5. The van der Waals surface area contributed by atoms with Crippen LogP contribution in [0.1, 0.15) is 31.3 Å². The largest absolute Gasteiger partial charge is 0.502 e. The third-order valence-corrected chi connectivity index (χ3v) is 3.69. The van der Waals surface area contributed by atoms with Gasteiger partial charge in [-0.15, -0.1) is 0 Å². The van der Waals surface area contributed by atoms with Gasteiger partial charge in [-0.2, -0.15) is 0 Å². The Kier molecular flexibility index (Phi) is 5.57. The maximum absolute atomic E-state index is 11.8. The van der Waals surface area contributed by atoms with Crippen LogP contribution < -0.4 is 5.43 Å². The van der Waals surface area contributed by atoms with Crippen LogP contribution in [0, 0.1) is 5.92 Å². The Morgan fingerprint density at radius 2 is 2.32 bits per heavy atom. The van der Waals surface area contributed by atoms with Gasteiger partial charge in [0.1, 0.15) is 12.4 Å². The molecule has 0 bridgehead atoms. The number of piperidine rings is 1. The molecule has 2 N–H and O–H groups in total. The minimum Gasteiger partial charge on any atom is -0.502 e. The topological polar surface area (TPSA) is 100 Å². The van der Waals surface area contributed by atoms with Gasteiger partial charge in [-0.3, -0.25) is 14.5 Å². The molecule has 0 radical (unpaired) electrons. The number of hydrogen-bond donors (Lipinski definition) is 2. The highest BCUT2D eigenvalue weighted by atomic mass is 16.5. The number of carbonyl (C=O) groups excluding carboxylic acids is 1. The van der Waals surface area contributed by atoms with Gasteiger partial charge in [0.2, 0.25) is 11.2 Å². The van der Waals surface area contributed by atoms with Crippen LogP contribution in [0.3, 0.4) is 0 Å². The molecule has 1 aliphatic heterocycles. The summed E-state index contributed by atoms with van der Waals surface area (Å²) in [5.74, 6) is -0.654. The first-order chi connectivity index (χ1) is 10.5. The lowest BCUT2D eigenvalue weighted by Crippen LogP contribution is -2.39. The second kappa shape index (κ2) is 7.42. The average Bonchev–Trinajstić information content (AvgIpc) is 2.52. The minimum absolute atomic E-state index is 0.108. The van der Waals surface area contributed by atoms with E-state index >= 15 is 0 Å². The number of aliphatic hydroxyl groups excluding tert-OH is 1. The number of likely N-dealkylation sites (tertiary alicyclic amines) is 1. The summed E-state index contributed by atoms with van der Waals surface area (Å²) in [4.78, 5) is 25.4. The summed E-state index contributed by atoms with van der Waals surface area (Å²) >= 11 is 0. The first-order valence-corrected chi connectivity index (χ1v) is 7.39. The predicted molar refractivity (Wildman–Crippen MR) is 77.2 cm³/mol. The van der Waals surface area contributed by atoms with Crippen molar-refractivity contribution in [2.75, 3.05) is 19.7 Å². The van der Waals surface area contributed by atoms with Gasteiger partial charge in [-0.25, -0.2) is 0 Å². The molecule has 122 valence electrons. The molecule has 2 heterocycles. The van der Waals surface area contributed by atoms with Crippen LogP contribution >= 0.6 is 0 Å². The highest BCUT2D eigenvalue weighted by Gasteiger charge is 2.28. The number of nitrogens with zero attached hydrogens (tertiary/aromatic N) is 1. The molecule has 0 spiro atoms. The van der Waals surface area contributed by atoms with Gasteiger partial charge in [0.15, 0.2) is 5.76 Å². The maximum atomic E-state index is 11.8. The zero-order chi connectivity index (χ0) is 16.1. The highest BCUT2D eigenvalue weighted by molar-refractivity contribution is 5.72. The Balaban J connectivity index is 2.09. The lowest BCUT2D eigenvalue weighted by atomic mass is 9.98. The van der Waals surface area contributed by atoms with Gasteiger partial charge < -0.3 is 19.4 Å². The standard InChI is InChI=1S/C15H21NO6/c1-2-21-15(20)10-4-3-5-16(7-10)8-13-14(19)12(18)6-11(9-17)22-13/h6,10,17,19H,2-5,7-9H2,1H3. The number of carbonyl (C=O) groups is 1. The lowest BCUT2D eigenvalue weighted by Gasteiger charge is -2.31. The summed E-state index contributed by atoms with van der Waals surface area (Å²) < 4.78 is 10.4. The third-order valence-electron chi connectivity index (χ3n) is 3.69. The molecule has 0 aliphatic carbocycles. The molecule has 1 fully saturated rings. The minimum atomic E-state index is -0.579. The monoisotopic (exact) mass is 311 g/mol. The summed E-state index contributed by atoms with van der Waals surface area (Å²) in [5, 5.41) is 18.9. The Bertz CT molecular complexity index is 582. The summed E-state index contributed by atoms with van der Waals surface area (Å²) in [6.45, 7) is 3.15. The van der Waals surface area contributed by atoms with Crippen molar-refractivity contribution < 1.29 is 24.2 Å². The van der Waals surface area contributed by atoms with E-state index in [0.29, 0.717) is 13.2 Å². The molecule has 0 aromatic carbocycles. The van der Waals surface area contributed by atoms with Crippen molar-refractivity contribution >= 4 is 5.97 Å². The maximum Gasteiger partial charge on any atom is 0.310 e. The average molecular weight is 311 g/mol. The van der Waals surface area contributed by atoms with Gasteiger partial charge in [0.05, 0.1) is 19.1 Å². The van der Waals surface area contributed by atoms with E-state index in [1.165, 1.54) is 0 Å². The van der Waals surface area contributed by atoms with E-state index in [9.17, 15) is 14.7 Å². The number of ether oxygens (including phenoxy) is 1.